The van der Waals surface area contributed by atoms with Gasteiger partial charge in [0.15, 0.2) is 0 Å². The van der Waals surface area contributed by atoms with Crippen LogP contribution in [0.1, 0.15) is 16.7 Å². The normalized spacial score (nSPS) is 10.3. The monoisotopic (exact) mass is 244 g/mol. The van der Waals surface area contributed by atoms with Gasteiger partial charge in [-0.1, -0.05) is 17.7 Å². The molecule has 0 aliphatic rings. The molecular formula is C13H16N4O. The zero-order valence-corrected chi connectivity index (χ0v) is 10.5. The Morgan fingerprint density at radius 3 is 2.67 bits per heavy atom. The number of methoxy groups -OCH3 is 1. The molecule has 0 saturated carbocycles. The zero-order chi connectivity index (χ0) is 13.1. The van der Waals surface area contributed by atoms with Crippen molar-refractivity contribution < 1.29 is 4.74 Å². The number of benzene rings is 1. The van der Waals surface area contributed by atoms with Crippen molar-refractivity contribution in [2.75, 3.05) is 18.6 Å². The third kappa shape index (κ3) is 2.51. The summed E-state index contributed by atoms with van der Waals surface area (Å²) in [5, 5.41) is 0. The highest BCUT2D eigenvalue weighted by Crippen LogP contribution is 2.24. The molecule has 0 aliphatic carbocycles. The van der Waals surface area contributed by atoms with Gasteiger partial charge < -0.3 is 16.2 Å². The molecule has 5 heteroatoms. The zero-order valence-electron chi connectivity index (χ0n) is 10.5. The highest BCUT2D eigenvalue weighted by atomic mass is 16.5. The van der Waals surface area contributed by atoms with Gasteiger partial charge in [-0.15, -0.1) is 0 Å². The van der Waals surface area contributed by atoms with Crippen molar-refractivity contribution in [2.45, 2.75) is 13.3 Å². The van der Waals surface area contributed by atoms with Crippen LogP contribution in [0.5, 0.6) is 5.75 Å². The first-order chi connectivity index (χ1) is 8.60. The number of nitrogen functional groups attached to an aromatic ring is 2. The van der Waals surface area contributed by atoms with Gasteiger partial charge in [0, 0.05) is 18.2 Å². The molecule has 0 radical (unpaired) electrons. The lowest BCUT2D eigenvalue weighted by Crippen LogP contribution is -2.04. The lowest BCUT2D eigenvalue weighted by molar-refractivity contribution is 0.410. The molecular weight excluding hydrogens is 228 g/mol. The Kier molecular flexibility index (Phi) is 3.32. The third-order valence-electron chi connectivity index (χ3n) is 2.73. The van der Waals surface area contributed by atoms with Crippen molar-refractivity contribution in [3.8, 4) is 5.75 Å². The quantitative estimate of drug-likeness (QED) is 0.855. The minimum Gasteiger partial charge on any atom is -0.496 e. The second kappa shape index (κ2) is 4.91. The van der Waals surface area contributed by atoms with E-state index in [2.05, 4.69) is 16.0 Å². The maximum atomic E-state index is 5.83. The van der Waals surface area contributed by atoms with Crippen LogP contribution < -0.4 is 16.2 Å². The van der Waals surface area contributed by atoms with Gasteiger partial charge in [0.25, 0.3) is 0 Å². The van der Waals surface area contributed by atoms with Crippen molar-refractivity contribution in [3.63, 3.8) is 0 Å². The average Bonchev–Trinajstić information content (AvgIpc) is 2.33. The second-order valence-corrected chi connectivity index (χ2v) is 4.13. The Labute approximate surface area is 106 Å². The standard InChI is InChI=1S/C13H16N4O/c1-8-3-4-11(18-2)9(5-8)6-10-7-16-13(15)17-12(10)14/h3-5,7H,6H2,1-2H3,(H4,14,15,16,17). The summed E-state index contributed by atoms with van der Waals surface area (Å²) in [6, 6.07) is 6.01. The number of aryl methyl sites for hydroxylation is 1. The number of nitrogens with zero attached hydrogens (tertiary/aromatic N) is 2. The molecule has 0 amide bonds. The molecule has 2 aromatic rings. The smallest absolute Gasteiger partial charge is 0.221 e. The van der Waals surface area contributed by atoms with Gasteiger partial charge in [0.2, 0.25) is 5.95 Å². The Bertz CT molecular complexity index is 569. The van der Waals surface area contributed by atoms with E-state index in [-0.39, 0.29) is 5.95 Å². The van der Waals surface area contributed by atoms with E-state index in [0.717, 1.165) is 16.9 Å². The largest absolute Gasteiger partial charge is 0.496 e. The number of aromatic nitrogens is 2. The third-order valence-corrected chi connectivity index (χ3v) is 2.73. The van der Waals surface area contributed by atoms with E-state index in [1.54, 1.807) is 13.3 Å². The van der Waals surface area contributed by atoms with Crippen molar-refractivity contribution in [2.24, 2.45) is 0 Å². The molecule has 0 saturated heterocycles. The molecule has 94 valence electrons. The molecule has 0 unspecified atom stereocenters. The number of rotatable bonds is 3. The SMILES string of the molecule is COc1ccc(C)cc1Cc1cnc(N)nc1N. The number of nitrogens with two attached hydrogens (primary N) is 2. The van der Waals surface area contributed by atoms with Crippen LogP contribution in [0.3, 0.4) is 0 Å². The molecule has 0 bridgehead atoms. The molecule has 0 spiro atoms. The highest BCUT2D eigenvalue weighted by molar-refractivity contribution is 5.47. The fourth-order valence-electron chi connectivity index (χ4n) is 1.82. The van der Waals surface area contributed by atoms with Crippen molar-refractivity contribution in [1.82, 2.24) is 9.97 Å². The van der Waals surface area contributed by atoms with E-state index in [1.165, 1.54) is 5.56 Å². The van der Waals surface area contributed by atoms with E-state index in [9.17, 15) is 0 Å². The lowest BCUT2D eigenvalue weighted by atomic mass is 10.0. The first kappa shape index (κ1) is 12.2. The Hall–Kier alpha value is -2.30. The lowest BCUT2D eigenvalue weighted by Gasteiger charge is -2.10. The fraction of sp³-hybridized carbons (Fsp3) is 0.231. The van der Waals surface area contributed by atoms with Gasteiger partial charge in [-0.05, 0) is 18.6 Å². The number of ether oxygens (including phenoxy) is 1. The summed E-state index contributed by atoms with van der Waals surface area (Å²) in [4.78, 5) is 7.91. The molecule has 1 aromatic carbocycles. The molecule has 1 aromatic heterocycles. The van der Waals surface area contributed by atoms with Crippen LogP contribution in [0.15, 0.2) is 24.4 Å². The fourth-order valence-corrected chi connectivity index (χ4v) is 1.82. The second-order valence-electron chi connectivity index (χ2n) is 4.13. The highest BCUT2D eigenvalue weighted by Gasteiger charge is 2.08. The summed E-state index contributed by atoms with van der Waals surface area (Å²) in [6.07, 6.45) is 2.27. The van der Waals surface area contributed by atoms with Crippen molar-refractivity contribution in [3.05, 3.63) is 41.1 Å². The summed E-state index contributed by atoms with van der Waals surface area (Å²) >= 11 is 0. The van der Waals surface area contributed by atoms with Gasteiger partial charge in [0.05, 0.1) is 7.11 Å². The average molecular weight is 244 g/mol. The first-order valence-electron chi connectivity index (χ1n) is 5.60. The predicted octanol–water partition coefficient (Wildman–Crippen LogP) is 1.55. The van der Waals surface area contributed by atoms with Crippen molar-refractivity contribution >= 4 is 11.8 Å². The first-order valence-corrected chi connectivity index (χ1v) is 5.60. The van der Waals surface area contributed by atoms with Gasteiger partial charge in [-0.2, -0.15) is 4.98 Å². The summed E-state index contributed by atoms with van der Waals surface area (Å²) < 4.78 is 5.33. The number of anilines is 2. The Balaban J connectivity index is 2.36. The van der Waals surface area contributed by atoms with Crippen molar-refractivity contribution in [1.29, 1.82) is 0 Å². The number of hydrogen-bond donors (Lipinski definition) is 2. The van der Waals surface area contributed by atoms with Gasteiger partial charge in [0.1, 0.15) is 11.6 Å². The summed E-state index contributed by atoms with van der Waals surface area (Å²) in [6.45, 7) is 2.03. The van der Waals surface area contributed by atoms with E-state index < -0.39 is 0 Å². The van der Waals surface area contributed by atoms with Gasteiger partial charge in [-0.25, -0.2) is 4.98 Å². The topological polar surface area (TPSA) is 87.0 Å². The van der Waals surface area contributed by atoms with Gasteiger partial charge in [-0.3, -0.25) is 0 Å². The van der Waals surface area contributed by atoms with Crippen LogP contribution in [-0.4, -0.2) is 17.1 Å². The minimum atomic E-state index is 0.187. The van der Waals surface area contributed by atoms with E-state index in [1.807, 2.05) is 19.1 Å². The van der Waals surface area contributed by atoms with Crippen LogP contribution in [0.25, 0.3) is 0 Å². The molecule has 0 atom stereocenters. The van der Waals surface area contributed by atoms with Crippen LogP contribution in [0.2, 0.25) is 0 Å². The number of hydrogen-bond acceptors (Lipinski definition) is 5. The molecule has 5 nitrogen and oxygen atoms in total. The van der Waals surface area contributed by atoms with E-state index in [0.29, 0.717) is 12.2 Å². The molecule has 18 heavy (non-hydrogen) atoms. The summed E-state index contributed by atoms with van der Waals surface area (Å²) in [7, 11) is 1.65. The molecule has 2 rings (SSSR count). The van der Waals surface area contributed by atoms with Crippen LogP contribution >= 0.6 is 0 Å². The molecule has 4 N–H and O–H groups in total. The Morgan fingerprint density at radius 2 is 2.00 bits per heavy atom. The molecule has 0 aliphatic heterocycles. The summed E-state index contributed by atoms with van der Waals surface area (Å²) in [5.74, 6) is 1.43. The maximum Gasteiger partial charge on any atom is 0.221 e. The van der Waals surface area contributed by atoms with E-state index in [4.69, 9.17) is 16.2 Å². The molecule has 0 fully saturated rings. The minimum absolute atomic E-state index is 0.187. The van der Waals surface area contributed by atoms with Gasteiger partial charge >= 0.3 is 0 Å². The predicted molar refractivity (Wildman–Crippen MR) is 71.4 cm³/mol. The molecule has 1 heterocycles. The van der Waals surface area contributed by atoms with Crippen LogP contribution in [0.4, 0.5) is 11.8 Å². The maximum absolute atomic E-state index is 5.83. The van der Waals surface area contributed by atoms with Crippen LogP contribution in [-0.2, 0) is 6.42 Å². The Morgan fingerprint density at radius 1 is 1.22 bits per heavy atom. The summed E-state index contributed by atoms with van der Waals surface area (Å²) in [5.41, 5.74) is 14.4. The van der Waals surface area contributed by atoms with Crippen LogP contribution in [0, 0.1) is 6.92 Å². The van der Waals surface area contributed by atoms with E-state index >= 15 is 0 Å².